The maximum absolute atomic E-state index is 9.29. The van der Waals surface area contributed by atoms with Crippen molar-refractivity contribution in [2.24, 2.45) is 0 Å². The molecule has 0 bridgehead atoms. The number of aryl methyl sites for hydroxylation is 1. The maximum Gasteiger partial charge on any atom is 2.00 e. The number of hydrogen-bond donors (Lipinski definition) is 0. The van der Waals surface area contributed by atoms with Crippen LogP contribution in [0.2, 0.25) is 0 Å². The summed E-state index contributed by atoms with van der Waals surface area (Å²) < 4.78 is 21.8. The standard InChI is InChI=1S/C7H8.Ca.H4O5P2/c1-7-5-3-2-4-6-7;;1-6(2)5-7(3)4/h2-6H,1H3;;6-7H,(H,1,2)(H,3,4)/q;+2;/p-2. The topological polar surface area (TPSA) is 89.5 Å². The molecular weight excluding hydrogens is 266 g/mol. The van der Waals surface area contributed by atoms with Crippen molar-refractivity contribution in [2.45, 2.75) is 6.92 Å². The van der Waals surface area contributed by atoms with E-state index in [2.05, 4.69) is 23.4 Å². The first-order chi connectivity index (χ1) is 6.52. The Morgan fingerprint density at radius 2 is 1.47 bits per heavy atom. The molecule has 80 valence electrons. The molecule has 0 aliphatic heterocycles. The minimum Gasteiger partial charge on any atom is -0.781 e. The van der Waals surface area contributed by atoms with E-state index in [-0.39, 0.29) is 37.7 Å². The Bertz CT molecular complexity index is 294. The predicted molar refractivity (Wildman–Crippen MR) is 56.0 cm³/mol. The normalized spacial score (nSPS) is 12.7. The zero-order valence-electron chi connectivity index (χ0n) is 8.14. The predicted octanol–water partition coefficient (Wildman–Crippen LogP) is 0.117. The van der Waals surface area contributed by atoms with Gasteiger partial charge in [-0.1, -0.05) is 35.9 Å². The van der Waals surface area contributed by atoms with Crippen LogP contribution in [-0.2, 0) is 13.4 Å². The quantitative estimate of drug-likeness (QED) is 0.565. The summed E-state index contributed by atoms with van der Waals surface area (Å²) in [6.07, 6.45) is 0. The van der Waals surface area contributed by atoms with Gasteiger partial charge >= 0.3 is 37.7 Å². The molecular formula is C7H10CaO5P2. The van der Waals surface area contributed by atoms with Crippen LogP contribution in [0.5, 0.6) is 0 Å². The molecule has 8 heteroatoms. The molecule has 2 atom stereocenters. The number of rotatable bonds is 2. The van der Waals surface area contributed by atoms with Gasteiger partial charge in [-0.2, -0.15) is 0 Å². The first-order valence-electron chi connectivity index (χ1n) is 3.64. The second-order valence-corrected chi connectivity index (χ2v) is 4.07. The van der Waals surface area contributed by atoms with Crippen LogP contribution in [0.4, 0.5) is 0 Å². The molecule has 0 aromatic heterocycles. The van der Waals surface area contributed by atoms with E-state index in [9.17, 15) is 18.9 Å². The number of hydrogen-bond acceptors (Lipinski definition) is 5. The van der Waals surface area contributed by atoms with E-state index in [1.165, 1.54) is 5.56 Å². The fourth-order valence-corrected chi connectivity index (χ4v) is 1.15. The molecule has 0 saturated carbocycles. The van der Waals surface area contributed by atoms with Crippen LogP contribution in [0.15, 0.2) is 30.3 Å². The summed E-state index contributed by atoms with van der Waals surface area (Å²) in [5.74, 6) is 0. The monoisotopic (exact) mass is 276 g/mol. The molecule has 0 saturated heterocycles. The molecule has 1 aromatic carbocycles. The average Bonchev–Trinajstić information content (AvgIpc) is 2.03. The van der Waals surface area contributed by atoms with Gasteiger partial charge in [-0.25, -0.2) is 0 Å². The Hall–Kier alpha value is 0.820. The van der Waals surface area contributed by atoms with Gasteiger partial charge in [-0.05, 0) is 6.92 Å². The largest absolute Gasteiger partial charge is 2.00 e. The summed E-state index contributed by atoms with van der Waals surface area (Å²) >= 11 is 0. The molecule has 0 N–H and O–H groups in total. The molecule has 0 heterocycles. The number of benzene rings is 1. The molecule has 0 spiro atoms. The van der Waals surface area contributed by atoms with E-state index < -0.39 is 16.5 Å². The van der Waals surface area contributed by atoms with Gasteiger partial charge in [-0.15, -0.1) is 0 Å². The van der Waals surface area contributed by atoms with Crippen molar-refractivity contribution in [1.82, 2.24) is 0 Å². The molecule has 0 amide bonds. The van der Waals surface area contributed by atoms with Crippen LogP contribution in [0.25, 0.3) is 0 Å². The first kappa shape index (κ1) is 18.2. The van der Waals surface area contributed by atoms with Crippen molar-refractivity contribution in [2.75, 3.05) is 0 Å². The van der Waals surface area contributed by atoms with Crippen LogP contribution in [0.1, 0.15) is 5.56 Å². The molecule has 0 fully saturated rings. The molecule has 15 heavy (non-hydrogen) atoms. The SMILES string of the molecule is Cc1ccccc1.O=[PH]([O-])O[PH](=O)[O-].[Ca+2]. The summed E-state index contributed by atoms with van der Waals surface area (Å²) in [5.41, 5.74) is 1.32. The fraction of sp³-hybridized carbons (Fsp3) is 0.143. The summed E-state index contributed by atoms with van der Waals surface area (Å²) in [5, 5.41) is 0. The third kappa shape index (κ3) is 14.8. The minimum atomic E-state index is -3.51. The van der Waals surface area contributed by atoms with Gasteiger partial charge in [0.25, 0.3) is 0 Å². The van der Waals surface area contributed by atoms with Crippen molar-refractivity contribution < 1.29 is 23.2 Å². The van der Waals surface area contributed by atoms with E-state index in [1.54, 1.807) is 0 Å². The van der Waals surface area contributed by atoms with Crippen molar-refractivity contribution in [3.05, 3.63) is 35.9 Å². The Kier molecular flexibility index (Phi) is 13.7. The minimum absolute atomic E-state index is 0. The van der Waals surface area contributed by atoms with Gasteiger partial charge in [0.2, 0.25) is 0 Å². The summed E-state index contributed by atoms with van der Waals surface area (Å²) in [6, 6.07) is 10.3. The Labute approximate surface area is 119 Å². The first-order valence-corrected chi connectivity index (χ1v) is 6.08. The van der Waals surface area contributed by atoms with Crippen molar-refractivity contribution in [1.29, 1.82) is 0 Å². The third-order valence-electron chi connectivity index (χ3n) is 1.11. The Balaban J connectivity index is 0. The van der Waals surface area contributed by atoms with Gasteiger partial charge in [0.15, 0.2) is 0 Å². The van der Waals surface area contributed by atoms with E-state index in [1.807, 2.05) is 18.2 Å². The van der Waals surface area contributed by atoms with Gasteiger partial charge in [0.05, 0.1) is 0 Å². The van der Waals surface area contributed by atoms with Crippen molar-refractivity contribution >= 4 is 54.2 Å². The zero-order valence-corrected chi connectivity index (χ0v) is 12.3. The third-order valence-corrected chi connectivity index (χ3v) is 2.44. The molecule has 0 aliphatic carbocycles. The molecule has 0 aliphatic rings. The van der Waals surface area contributed by atoms with E-state index in [4.69, 9.17) is 0 Å². The Morgan fingerprint density at radius 3 is 1.60 bits per heavy atom. The molecule has 2 unspecified atom stereocenters. The van der Waals surface area contributed by atoms with Crippen LogP contribution in [-0.4, -0.2) is 37.7 Å². The second kappa shape index (κ2) is 11.3. The van der Waals surface area contributed by atoms with Crippen molar-refractivity contribution in [3.63, 3.8) is 0 Å². The van der Waals surface area contributed by atoms with E-state index in [0.29, 0.717) is 0 Å². The van der Waals surface area contributed by atoms with Gasteiger partial charge < -0.3 is 18.9 Å². The van der Waals surface area contributed by atoms with Crippen LogP contribution >= 0.6 is 16.5 Å². The fourth-order valence-electron chi connectivity index (χ4n) is 0.602. The van der Waals surface area contributed by atoms with Crippen molar-refractivity contribution in [3.8, 4) is 0 Å². The van der Waals surface area contributed by atoms with Gasteiger partial charge in [0.1, 0.15) is 16.5 Å². The second-order valence-electron chi connectivity index (χ2n) is 2.26. The molecule has 1 aromatic rings. The summed E-state index contributed by atoms with van der Waals surface area (Å²) in [4.78, 5) is 18.6. The van der Waals surface area contributed by atoms with Gasteiger partial charge in [0, 0.05) is 0 Å². The van der Waals surface area contributed by atoms with Gasteiger partial charge in [-0.3, -0.25) is 4.31 Å². The molecule has 5 nitrogen and oxygen atoms in total. The average molecular weight is 276 g/mol. The zero-order chi connectivity index (χ0) is 11.0. The van der Waals surface area contributed by atoms with E-state index in [0.717, 1.165) is 0 Å². The molecule has 1 rings (SSSR count). The summed E-state index contributed by atoms with van der Waals surface area (Å²) in [7, 11) is -7.03. The van der Waals surface area contributed by atoms with Crippen LogP contribution in [0.3, 0.4) is 0 Å². The van der Waals surface area contributed by atoms with E-state index >= 15 is 0 Å². The maximum atomic E-state index is 9.29. The molecule has 0 radical (unpaired) electrons. The van der Waals surface area contributed by atoms with Crippen LogP contribution in [0, 0.1) is 6.92 Å². The van der Waals surface area contributed by atoms with Crippen LogP contribution < -0.4 is 9.79 Å². The smallest absolute Gasteiger partial charge is 0.781 e. The Morgan fingerprint density at radius 1 is 1.07 bits per heavy atom. The summed E-state index contributed by atoms with van der Waals surface area (Å²) in [6.45, 7) is 2.08.